The molecule has 0 bridgehead atoms. The van der Waals surface area contributed by atoms with Gasteiger partial charge >= 0.3 is 5.69 Å². The molecule has 0 spiro atoms. The smallest absolute Gasteiger partial charge is 0.330 e. The molecule has 0 amide bonds. The van der Waals surface area contributed by atoms with Gasteiger partial charge in [-0.25, -0.2) is 4.79 Å². The number of aliphatic hydroxyl groups excluding tert-OH is 1. The number of aliphatic hydroxyl groups is 1. The maximum Gasteiger partial charge on any atom is 0.330 e. The monoisotopic (exact) mass is 444 g/mol. The van der Waals surface area contributed by atoms with Crippen molar-refractivity contribution in [1.29, 1.82) is 0 Å². The third kappa shape index (κ3) is 4.95. The number of ether oxygens (including phenoxy) is 4. The highest BCUT2D eigenvalue weighted by Gasteiger charge is 2.61. The van der Waals surface area contributed by atoms with Crippen LogP contribution in [0.3, 0.4) is 0 Å². The van der Waals surface area contributed by atoms with Gasteiger partial charge in [-0.3, -0.25) is 14.3 Å². The van der Waals surface area contributed by atoms with Crippen LogP contribution in [0.5, 0.6) is 0 Å². The van der Waals surface area contributed by atoms with Gasteiger partial charge in [0.05, 0.1) is 33.7 Å². The first-order valence-electron chi connectivity index (χ1n) is 10.3. The van der Waals surface area contributed by atoms with Crippen molar-refractivity contribution in [2.45, 2.75) is 83.1 Å². The summed E-state index contributed by atoms with van der Waals surface area (Å²) in [6.45, 7) is 13.7. The number of H-pyrrole nitrogens is 1. The summed E-state index contributed by atoms with van der Waals surface area (Å²) in [6.07, 6.45) is -1.37. The van der Waals surface area contributed by atoms with E-state index >= 15 is 0 Å². The molecular weight excluding hydrogens is 408 g/mol. The van der Waals surface area contributed by atoms with Gasteiger partial charge in [-0.1, -0.05) is 13.1 Å². The molecule has 1 fully saturated rings. The number of aromatic amines is 1. The lowest BCUT2D eigenvalue weighted by Crippen LogP contribution is -2.60. The minimum atomic E-state index is -1.88. The van der Waals surface area contributed by atoms with E-state index in [9.17, 15) is 14.7 Å². The lowest BCUT2D eigenvalue weighted by Gasteiger charge is -2.40. The second-order valence-corrected chi connectivity index (χ2v) is 12.3. The molecule has 1 aromatic rings. The Labute approximate surface area is 178 Å². The molecule has 172 valence electrons. The molecule has 1 aromatic heterocycles. The largest absolute Gasteiger partial charge is 0.391 e. The van der Waals surface area contributed by atoms with Crippen molar-refractivity contribution in [3.05, 3.63) is 32.6 Å². The molecule has 30 heavy (non-hydrogen) atoms. The molecule has 1 saturated heterocycles. The number of nitrogens with zero attached hydrogens (tertiary/aromatic N) is 1. The van der Waals surface area contributed by atoms with Crippen molar-refractivity contribution in [3.8, 4) is 0 Å². The molecule has 0 aliphatic carbocycles. The predicted octanol–water partition coefficient (Wildman–Crippen LogP) is 0.519. The minimum absolute atomic E-state index is 0.265. The summed E-state index contributed by atoms with van der Waals surface area (Å²) in [7, 11) is -0.304. The van der Waals surface area contributed by atoms with Crippen molar-refractivity contribution in [3.63, 3.8) is 0 Å². The highest BCUT2D eigenvalue weighted by atomic mass is 28.3. The quantitative estimate of drug-likeness (QED) is 0.444. The van der Waals surface area contributed by atoms with Crippen molar-refractivity contribution in [1.82, 2.24) is 9.55 Å². The summed E-state index contributed by atoms with van der Waals surface area (Å²) in [5.74, 6) is 0. The standard InChI is InChI=1S/C20H36N2O7Si/c1-12-11-22(18(25)21-17(12)24)20(30(7)8)16(27-10-9-26-6)15(28-19(3,4)5)14(29-20)13(2)23/h11,13-16,23,30H,9-10H2,1-8H3,(H,21,24,25)/t13-,14-,15-,16-,20+/m1/s1. The molecule has 0 aromatic carbocycles. The fourth-order valence-electron chi connectivity index (χ4n) is 3.91. The van der Waals surface area contributed by atoms with E-state index in [2.05, 4.69) is 4.98 Å². The molecule has 10 heteroatoms. The first-order chi connectivity index (χ1) is 13.8. The Kier molecular flexibility index (Phi) is 7.87. The lowest BCUT2D eigenvalue weighted by molar-refractivity contribution is -0.143. The topological polar surface area (TPSA) is 112 Å². The second kappa shape index (κ2) is 9.45. The molecule has 2 heterocycles. The van der Waals surface area contributed by atoms with Gasteiger partial charge in [-0.2, -0.15) is 0 Å². The number of methoxy groups -OCH3 is 1. The highest BCUT2D eigenvalue weighted by Crippen LogP contribution is 2.43. The number of rotatable bonds is 8. The molecule has 9 nitrogen and oxygen atoms in total. The van der Waals surface area contributed by atoms with Gasteiger partial charge in [0.25, 0.3) is 5.56 Å². The molecular formula is C20H36N2O7Si. The molecule has 2 rings (SSSR count). The second-order valence-electron chi connectivity index (χ2n) is 9.15. The maximum atomic E-state index is 12.9. The van der Waals surface area contributed by atoms with E-state index in [4.69, 9.17) is 18.9 Å². The van der Waals surface area contributed by atoms with Crippen LogP contribution in [0.1, 0.15) is 33.3 Å². The fraction of sp³-hybridized carbons (Fsp3) is 0.800. The number of hydrogen-bond acceptors (Lipinski definition) is 7. The molecule has 1 aliphatic rings. The fourth-order valence-corrected chi connectivity index (χ4v) is 6.03. The predicted molar refractivity (Wildman–Crippen MR) is 116 cm³/mol. The van der Waals surface area contributed by atoms with Gasteiger partial charge in [-0.05, 0) is 34.6 Å². The number of hydrogen-bond donors (Lipinski definition) is 2. The summed E-state index contributed by atoms with van der Waals surface area (Å²) < 4.78 is 25.6. The minimum Gasteiger partial charge on any atom is -0.391 e. The first kappa shape index (κ1) is 25.0. The van der Waals surface area contributed by atoms with Gasteiger partial charge in [0, 0.05) is 18.9 Å². The van der Waals surface area contributed by atoms with Crippen LogP contribution in [-0.4, -0.2) is 73.8 Å². The Hall–Kier alpha value is -1.30. The van der Waals surface area contributed by atoms with E-state index in [1.807, 2.05) is 33.9 Å². The molecule has 0 unspecified atom stereocenters. The van der Waals surface area contributed by atoms with E-state index < -0.39 is 55.4 Å². The van der Waals surface area contributed by atoms with Crippen LogP contribution in [0.25, 0.3) is 0 Å². The summed E-state index contributed by atoms with van der Waals surface area (Å²) in [6, 6.07) is 0. The molecule has 1 aliphatic heterocycles. The zero-order valence-electron chi connectivity index (χ0n) is 19.2. The number of nitrogens with one attached hydrogen (secondary N) is 1. The summed E-state index contributed by atoms with van der Waals surface area (Å²) in [5, 5.41) is 9.35. The normalized spacial score (nSPS) is 28.3. The Morgan fingerprint density at radius 3 is 2.47 bits per heavy atom. The van der Waals surface area contributed by atoms with E-state index in [0.717, 1.165) is 0 Å². The molecule has 0 radical (unpaired) electrons. The zero-order valence-corrected chi connectivity index (χ0v) is 20.4. The third-order valence-electron chi connectivity index (χ3n) is 5.23. The van der Waals surface area contributed by atoms with Crippen molar-refractivity contribution in [2.24, 2.45) is 0 Å². The SMILES string of the molecule is COCCO[C@@H]1[C@H](OC(C)(C)C)[C@@H]([C@@H](C)O)O[C@]1(n1cc(C)c(=O)[nH]c1=O)[SiH](C)C. The Bertz CT molecular complexity index is 830. The lowest BCUT2D eigenvalue weighted by atomic mass is 10.0. The van der Waals surface area contributed by atoms with Crippen molar-refractivity contribution >= 4 is 8.80 Å². The average molecular weight is 445 g/mol. The molecule has 0 saturated carbocycles. The van der Waals surface area contributed by atoms with E-state index in [-0.39, 0.29) is 6.61 Å². The first-order valence-corrected chi connectivity index (χ1v) is 13.2. The van der Waals surface area contributed by atoms with Crippen LogP contribution >= 0.6 is 0 Å². The zero-order chi connectivity index (χ0) is 22.9. The number of aromatic nitrogens is 2. The van der Waals surface area contributed by atoms with Gasteiger partial charge in [0.2, 0.25) is 0 Å². The maximum absolute atomic E-state index is 12.9. The Balaban J connectivity index is 2.72. The highest BCUT2D eigenvalue weighted by molar-refractivity contribution is 6.58. The van der Waals surface area contributed by atoms with Crippen LogP contribution in [0.2, 0.25) is 13.1 Å². The van der Waals surface area contributed by atoms with Gasteiger partial charge in [0.1, 0.15) is 18.3 Å². The summed E-state index contributed by atoms with van der Waals surface area (Å²) >= 11 is 0. The Morgan fingerprint density at radius 1 is 1.33 bits per heavy atom. The molecule has 5 atom stereocenters. The van der Waals surface area contributed by atoms with E-state index in [1.165, 1.54) is 10.8 Å². The van der Waals surface area contributed by atoms with E-state index in [0.29, 0.717) is 12.2 Å². The van der Waals surface area contributed by atoms with Crippen LogP contribution in [0.15, 0.2) is 15.8 Å². The van der Waals surface area contributed by atoms with Crippen LogP contribution in [0.4, 0.5) is 0 Å². The van der Waals surface area contributed by atoms with E-state index in [1.54, 1.807) is 21.0 Å². The van der Waals surface area contributed by atoms with Crippen LogP contribution < -0.4 is 11.2 Å². The summed E-state index contributed by atoms with van der Waals surface area (Å²) in [5.41, 5.74) is -1.17. The molecule has 2 N–H and O–H groups in total. The van der Waals surface area contributed by atoms with Gasteiger partial charge < -0.3 is 24.1 Å². The number of aryl methyl sites for hydroxylation is 1. The third-order valence-corrected chi connectivity index (χ3v) is 7.63. The van der Waals surface area contributed by atoms with Crippen LogP contribution in [0, 0.1) is 6.92 Å². The van der Waals surface area contributed by atoms with Crippen molar-refractivity contribution in [2.75, 3.05) is 20.3 Å². The van der Waals surface area contributed by atoms with Gasteiger partial charge in [0.15, 0.2) is 5.35 Å². The summed E-state index contributed by atoms with van der Waals surface area (Å²) in [4.78, 5) is 27.3. The Morgan fingerprint density at radius 2 is 1.97 bits per heavy atom. The average Bonchev–Trinajstić information content (AvgIpc) is 2.92. The van der Waals surface area contributed by atoms with Gasteiger partial charge in [-0.15, -0.1) is 0 Å². The van der Waals surface area contributed by atoms with Crippen LogP contribution in [-0.2, 0) is 24.3 Å². The van der Waals surface area contributed by atoms with Crippen molar-refractivity contribution < 1.29 is 24.1 Å².